The molecular formula is C9H10BrFO2. The molecule has 13 heavy (non-hydrogen) atoms. The van der Waals surface area contributed by atoms with E-state index < -0.39 is 18.0 Å². The molecule has 1 rings (SSSR count). The first-order valence-corrected chi connectivity index (χ1v) is 4.62. The fourth-order valence-corrected chi connectivity index (χ4v) is 1.38. The summed E-state index contributed by atoms with van der Waals surface area (Å²) < 4.78 is 13.8. The molecule has 0 aromatic heterocycles. The van der Waals surface area contributed by atoms with Crippen molar-refractivity contribution in [3.8, 4) is 0 Å². The molecule has 0 aliphatic carbocycles. The van der Waals surface area contributed by atoms with Crippen molar-refractivity contribution in [2.45, 2.75) is 19.1 Å². The standard InChI is InChI=1S/C9H10BrFO2/c1-5(12)9(13)7-4-6(10)2-3-8(7)11/h2-5,9,12-13H,1H3. The number of hydrogen-bond acceptors (Lipinski definition) is 2. The average molecular weight is 249 g/mol. The fraction of sp³-hybridized carbons (Fsp3) is 0.333. The summed E-state index contributed by atoms with van der Waals surface area (Å²) in [5, 5.41) is 18.4. The van der Waals surface area contributed by atoms with E-state index >= 15 is 0 Å². The van der Waals surface area contributed by atoms with E-state index in [0.717, 1.165) is 0 Å². The lowest BCUT2D eigenvalue weighted by molar-refractivity contribution is 0.0283. The molecule has 2 nitrogen and oxygen atoms in total. The molecule has 2 atom stereocenters. The van der Waals surface area contributed by atoms with E-state index in [0.29, 0.717) is 4.47 Å². The number of benzene rings is 1. The lowest BCUT2D eigenvalue weighted by Gasteiger charge is -2.14. The van der Waals surface area contributed by atoms with E-state index in [4.69, 9.17) is 5.11 Å². The van der Waals surface area contributed by atoms with Crippen molar-refractivity contribution >= 4 is 15.9 Å². The van der Waals surface area contributed by atoms with Crippen LogP contribution in [0, 0.1) is 5.82 Å². The summed E-state index contributed by atoms with van der Waals surface area (Å²) in [4.78, 5) is 0. The number of aliphatic hydroxyl groups excluding tert-OH is 2. The van der Waals surface area contributed by atoms with Gasteiger partial charge in [0.1, 0.15) is 11.9 Å². The third-order valence-electron chi connectivity index (χ3n) is 1.73. The van der Waals surface area contributed by atoms with Crippen LogP contribution in [-0.2, 0) is 0 Å². The largest absolute Gasteiger partial charge is 0.390 e. The minimum Gasteiger partial charge on any atom is -0.390 e. The van der Waals surface area contributed by atoms with Crippen LogP contribution < -0.4 is 0 Å². The van der Waals surface area contributed by atoms with Gasteiger partial charge in [-0.2, -0.15) is 0 Å². The number of rotatable bonds is 2. The molecule has 2 unspecified atom stereocenters. The van der Waals surface area contributed by atoms with E-state index in [-0.39, 0.29) is 5.56 Å². The van der Waals surface area contributed by atoms with Crippen LogP contribution in [0.1, 0.15) is 18.6 Å². The molecule has 0 spiro atoms. The highest BCUT2D eigenvalue weighted by molar-refractivity contribution is 9.10. The van der Waals surface area contributed by atoms with Gasteiger partial charge >= 0.3 is 0 Å². The molecule has 0 saturated heterocycles. The highest BCUT2D eigenvalue weighted by Crippen LogP contribution is 2.23. The molecule has 0 amide bonds. The Morgan fingerprint density at radius 2 is 2.00 bits per heavy atom. The van der Waals surface area contributed by atoms with Gasteiger partial charge in [0.25, 0.3) is 0 Å². The molecule has 1 aromatic rings. The zero-order chi connectivity index (χ0) is 10.0. The van der Waals surface area contributed by atoms with Gasteiger partial charge in [-0.1, -0.05) is 15.9 Å². The van der Waals surface area contributed by atoms with Gasteiger partial charge in [0.05, 0.1) is 6.10 Å². The van der Waals surface area contributed by atoms with E-state index in [1.54, 1.807) is 0 Å². The summed E-state index contributed by atoms with van der Waals surface area (Å²) >= 11 is 3.15. The Bertz CT molecular complexity index is 302. The number of halogens is 2. The van der Waals surface area contributed by atoms with Crippen molar-refractivity contribution in [1.29, 1.82) is 0 Å². The van der Waals surface area contributed by atoms with E-state index in [9.17, 15) is 9.50 Å². The van der Waals surface area contributed by atoms with Crippen LogP contribution in [0.3, 0.4) is 0 Å². The van der Waals surface area contributed by atoms with Crippen LogP contribution in [0.4, 0.5) is 4.39 Å². The number of aliphatic hydroxyl groups is 2. The monoisotopic (exact) mass is 248 g/mol. The highest BCUT2D eigenvalue weighted by atomic mass is 79.9. The van der Waals surface area contributed by atoms with Crippen LogP contribution >= 0.6 is 15.9 Å². The molecule has 0 radical (unpaired) electrons. The molecule has 0 bridgehead atoms. The third kappa shape index (κ3) is 2.49. The van der Waals surface area contributed by atoms with Gasteiger partial charge in [-0.15, -0.1) is 0 Å². The molecule has 2 N–H and O–H groups in total. The zero-order valence-electron chi connectivity index (χ0n) is 7.04. The Balaban J connectivity index is 3.05. The topological polar surface area (TPSA) is 40.5 Å². The summed E-state index contributed by atoms with van der Waals surface area (Å²) in [5.41, 5.74) is 0.101. The average Bonchev–Trinajstić information content (AvgIpc) is 2.08. The Labute approximate surface area is 84.1 Å². The molecule has 1 aromatic carbocycles. The number of hydrogen-bond donors (Lipinski definition) is 2. The Morgan fingerprint density at radius 3 is 2.54 bits per heavy atom. The Morgan fingerprint density at radius 1 is 1.38 bits per heavy atom. The fourth-order valence-electron chi connectivity index (χ4n) is 1.00. The summed E-state index contributed by atoms with van der Waals surface area (Å²) in [6.45, 7) is 1.41. The zero-order valence-corrected chi connectivity index (χ0v) is 8.62. The first-order valence-electron chi connectivity index (χ1n) is 3.83. The summed E-state index contributed by atoms with van der Waals surface area (Å²) in [6, 6.07) is 4.23. The van der Waals surface area contributed by atoms with Crippen molar-refractivity contribution in [2.24, 2.45) is 0 Å². The van der Waals surface area contributed by atoms with Gasteiger partial charge in [0, 0.05) is 10.0 Å². The second kappa shape index (κ2) is 4.17. The maximum Gasteiger partial charge on any atom is 0.129 e. The second-order valence-electron chi connectivity index (χ2n) is 2.85. The molecule has 4 heteroatoms. The van der Waals surface area contributed by atoms with E-state index in [2.05, 4.69) is 15.9 Å². The Hall–Kier alpha value is -0.450. The van der Waals surface area contributed by atoms with Gasteiger partial charge in [0.2, 0.25) is 0 Å². The van der Waals surface area contributed by atoms with Gasteiger partial charge in [0.15, 0.2) is 0 Å². The quantitative estimate of drug-likeness (QED) is 0.841. The minimum absolute atomic E-state index is 0.101. The van der Waals surface area contributed by atoms with Gasteiger partial charge in [-0.3, -0.25) is 0 Å². The summed E-state index contributed by atoms with van der Waals surface area (Å²) in [7, 11) is 0. The predicted octanol–water partition coefficient (Wildman–Crippen LogP) is 2.00. The van der Waals surface area contributed by atoms with Crippen molar-refractivity contribution in [1.82, 2.24) is 0 Å². The molecule has 0 aliphatic rings. The maximum atomic E-state index is 13.1. The van der Waals surface area contributed by atoms with Crippen molar-refractivity contribution in [3.05, 3.63) is 34.1 Å². The Kier molecular flexibility index (Phi) is 3.41. The summed E-state index contributed by atoms with van der Waals surface area (Å²) in [6.07, 6.45) is -2.17. The van der Waals surface area contributed by atoms with Gasteiger partial charge < -0.3 is 10.2 Å². The second-order valence-corrected chi connectivity index (χ2v) is 3.77. The normalized spacial score (nSPS) is 15.5. The summed E-state index contributed by atoms with van der Waals surface area (Å²) in [5.74, 6) is -0.517. The molecule has 0 saturated carbocycles. The van der Waals surface area contributed by atoms with Gasteiger partial charge in [-0.25, -0.2) is 4.39 Å². The lowest BCUT2D eigenvalue weighted by atomic mass is 10.1. The molecule has 72 valence electrons. The highest BCUT2D eigenvalue weighted by Gasteiger charge is 2.17. The van der Waals surface area contributed by atoms with Crippen LogP contribution in [0.25, 0.3) is 0 Å². The molecular weight excluding hydrogens is 239 g/mol. The smallest absolute Gasteiger partial charge is 0.129 e. The molecule has 0 fully saturated rings. The van der Waals surface area contributed by atoms with Crippen LogP contribution in [0.5, 0.6) is 0 Å². The van der Waals surface area contributed by atoms with E-state index in [1.165, 1.54) is 25.1 Å². The predicted molar refractivity (Wildman–Crippen MR) is 50.7 cm³/mol. The van der Waals surface area contributed by atoms with E-state index in [1.807, 2.05) is 0 Å². The third-order valence-corrected chi connectivity index (χ3v) is 2.23. The minimum atomic E-state index is -1.18. The van der Waals surface area contributed by atoms with Gasteiger partial charge in [-0.05, 0) is 25.1 Å². The van der Waals surface area contributed by atoms with Crippen LogP contribution in [0.2, 0.25) is 0 Å². The first kappa shape index (κ1) is 10.6. The SMILES string of the molecule is CC(O)C(O)c1cc(Br)ccc1F. The van der Waals surface area contributed by atoms with Crippen LogP contribution in [0.15, 0.2) is 22.7 Å². The van der Waals surface area contributed by atoms with Crippen LogP contribution in [-0.4, -0.2) is 16.3 Å². The van der Waals surface area contributed by atoms with Crippen molar-refractivity contribution in [2.75, 3.05) is 0 Å². The van der Waals surface area contributed by atoms with Crippen molar-refractivity contribution < 1.29 is 14.6 Å². The molecule has 0 heterocycles. The van der Waals surface area contributed by atoms with Crippen molar-refractivity contribution in [3.63, 3.8) is 0 Å². The maximum absolute atomic E-state index is 13.1. The lowest BCUT2D eigenvalue weighted by Crippen LogP contribution is -2.15. The first-order chi connectivity index (χ1) is 6.02. The molecule has 0 aliphatic heterocycles.